The van der Waals surface area contributed by atoms with E-state index in [1.54, 1.807) is 12.3 Å². The highest BCUT2D eigenvalue weighted by Gasteiger charge is 2.11. The number of aromatic nitrogens is 1. The molecule has 4 heteroatoms. The Morgan fingerprint density at radius 1 is 1.21 bits per heavy atom. The maximum atomic E-state index is 12.2. The molecule has 0 spiro atoms. The van der Waals surface area contributed by atoms with Crippen molar-refractivity contribution in [3.05, 3.63) is 52.7 Å². The molecule has 98 valence electrons. The van der Waals surface area contributed by atoms with E-state index in [2.05, 4.69) is 10.3 Å². The number of nitrogen functional groups attached to an aromatic ring is 1. The molecule has 4 nitrogen and oxygen atoms in total. The van der Waals surface area contributed by atoms with Gasteiger partial charge in [-0.1, -0.05) is 12.1 Å². The monoisotopic (exact) mass is 255 g/mol. The molecule has 0 aliphatic carbocycles. The average Bonchev–Trinajstić information content (AvgIpc) is 2.37. The average molecular weight is 255 g/mol. The first kappa shape index (κ1) is 13.1. The smallest absolute Gasteiger partial charge is 0.257 e. The predicted octanol–water partition coefficient (Wildman–Crippen LogP) is 2.84. The number of benzene rings is 1. The van der Waals surface area contributed by atoms with E-state index in [1.165, 1.54) is 0 Å². The molecule has 2 aromatic rings. The fraction of sp³-hybridized carbons (Fsp3) is 0.200. The molecular formula is C15H17N3O. The van der Waals surface area contributed by atoms with Crippen LogP contribution in [0.3, 0.4) is 0 Å². The van der Waals surface area contributed by atoms with Crippen molar-refractivity contribution in [2.75, 3.05) is 11.1 Å². The molecule has 2 rings (SSSR count). The topological polar surface area (TPSA) is 68.0 Å². The van der Waals surface area contributed by atoms with Gasteiger partial charge in [0.25, 0.3) is 5.91 Å². The number of nitrogens with zero attached hydrogens (tertiary/aromatic N) is 1. The van der Waals surface area contributed by atoms with Crippen LogP contribution in [0.5, 0.6) is 0 Å². The third-order valence-corrected chi connectivity index (χ3v) is 3.24. The van der Waals surface area contributed by atoms with Crippen LogP contribution in [0.25, 0.3) is 0 Å². The highest BCUT2D eigenvalue weighted by Crippen LogP contribution is 2.16. The summed E-state index contributed by atoms with van der Waals surface area (Å²) in [6.07, 6.45) is 1.55. The molecule has 0 saturated carbocycles. The summed E-state index contributed by atoms with van der Waals surface area (Å²) in [5.74, 6) is 0.357. The second-order valence-electron chi connectivity index (χ2n) is 4.63. The Labute approximate surface area is 112 Å². The maximum Gasteiger partial charge on any atom is 0.257 e. The molecule has 0 atom stereocenters. The first-order valence-corrected chi connectivity index (χ1v) is 6.08. The molecule has 0 bridgehead atoms. The van der Waals surface area contributed by atoms with E-state index in [1.807, 2.05) is 39.0 Å². The van der Waals surface area contributed by atoms with Gasteiger partial charge in [-0.25, -0.2) is 4.98 Å². The first-order chi connectivity index (χ1) is 8.99. The number of hydrogen-bond donors (Lipinski definition) is 2. The number of rotatable bonds is 2. The van der Waals surface area contributed by atoms with Crippen LogP contribution in [0.1, 0.15) is 27.0 Å². The summed E-state index contributed by atoms with van der Waals surface area (Å²) in [4.78, 5) is 16.3. The highest BCUT2D eigenvalue weighted by atomic mass is 16.1. The zero-order valence-electron chi connectivity index (χ0n) is 11.3. The Bertz CT molecular complexity index is 635. The van der Waals surface area contributed by atoms with E-state index >= 15 is 0 Å². The zero-order chi connectivity index (χ0) is 14.0. The Kier molecular flexibility index (Phi) is 3.51. The normalized spacial score (nSPS) is 10.3. The predicted molar refractivity (Wildman–Crippen MR) is 77.3 cm³/mol. The number of nitrogens with two attached hydrogens (primary N) is 1. The van der Waals surface area contributed by atoms with Crippen molar-refractivity contribution in [1.82, 2.24) is 4.98 Å². The minimum Gasteiger partial charge on any atom is -0.397 e. The molecule has 0 radical (unpaired) electrons. The number of amides is 1. The minimum absolute atomic E-state index is 0.155. The van der Waals surface area contributed by atoms with Crippen molar-refractivity contribution in [3.63, 3.8) is 0 Å². The van der Waals surface area contributed by atoms with E-state index in [0.29, 0.717) is 17.1 Å². The summed E-state index contributed by atoms with van der Waals surface area (Å²) in [6, 6.07) is 7.43. The fourth-order valence-electron chi connectivity index (χ4n) is 1.82. The van der Waals surface area contributed by atoms with Gasteiger partial charge in [0.05, 0.1) is 11.9 Å². The maximum absolute atomic E-state index is 12.2. The molecule has 0 saturated heterocycles. The van der Waals surface area contributed by atoms with Crippen molar-refractivity contribution >= 4 is 17.4 Å². The Morgan fingerprint density at radius 3 is 2.63 bits per heavy atom. The Hall–Kier alpha value is -2.36. The summed E-state index contributed by atoms with van der Waals surface area (Å²) in [6.45, 7) is 5.80. The lowest BCUT2D eigenvalue weighted by molar-refractivity contribution is 0.102. The standard InChI is InChI=1S/C15H17N3O/c1-9-5-4-6-12(11(9)3)15(19)18-14-7-10(2)13(16)8-17-14/h4-8H,16H2,1-3H3,(H,17,18,19). The number of nitrogens with one attached hydrogen (secondary N) is 1. The molecule has 19 heavy (non-hydrogen) atoms. The van der Waals surface area contributed by atoms with Crippen molar-refractivity contribution in [2.24, 2.45) is 0 Å². The molecular weight excluding hydrogens is 238 g/mol. The number of carbonyl (C=O) groups is 1. The van der Waals surface area contributed by atoms with Gasteiger partial charge in [0.15, 0.2) is 0 Å². The summed E-state index contributed by atoms with van der Waals surface area (Å²) in [7, 11) is 0. The van der Waals surface area contributed by atoms with Crippen LogP contribution >= 0.6 is 0 Å². The number of anilines is 2. The van der Waals surface area contributed by atoms with Crippen LogP contribution in [0.2, 0.25) is 0 Å². The van der Waals surface area contributed by atoms with Gasteiger partial charge in [-0.2, -0.15) is 0 Å². The van der Waals surface area contributed by atoms with Crippen LogP contribution in [0.15, 0.2) is 30.5 Å². The highest BCUT2D eigenvalue weighted by molar-refractivity contribution is 6.05. The largest absolute Gasteiger partial charge is 0.397 e. The van der Waals surface area contributed by atoms with E-state index in [0.717, 1.165) is 16.7 Å². The zero-order valence-corrected chi connectivity index (χ0v) is 11.3. The second-order valence-corrected chi connectivity index (χ2v) is 4.63. The van der Waals surface area contributed by atoms with Crippen LogP contribution < -0.4 is 11.1 Å². The molecule has 0 aliphatic rings. The summed E-state index contributed by atoms with van der Waals surface area (Å²) in [5, 5.41) is 2.79. The van der Waals surface area contributed by atoms with Crippen molar-refractivity contribution < 1.29 is 4.79 Å². The van der Waals surface area contributed by atoms with Gasteiger partial charge in [0.1, 0.15) is 5.82 Å². The van der Waals surface area contributed by atoms with Crippen molar-refractivity contribution in [1.29, 1.82) is 0 Å². The van der Waals surface area contributed by atoms with Crippen LogP contribution in [-0.4, -0.2) is 10.9 Å². The lowest BCUT2D eigenvalue weighted by atomic mass is 10.0. The third kappa shape index (κ3) is 2.73. The fourth-order valence-corrected chi connectivity index (χ4v) is 1.82. The quantitative estimate of drug-likeness (QED) is 0.867. The van der Waals surface area contributed by atoms with Crippen LogP contribution in [-0.2, 0) is 0 Å². The van der Waals surface area contributed by atoms with Crippen molar-refractivity contribution in [2.45, 2.75) is 20.8 Å². The molecule has 1 aromatic carbocycles. The third-order valence-electron chi connectivity index (χ3n) is 3.24. The van der Waals surface area contributed by atoms with Gasteiger partial charge in [0, 0.05) is 5.56 Å². The van der Waals surface area contributed by atoms with Gasteiger partial charge in [0.2, 0.25) is 0 Å². The number of hydrogen-bond acceptors (Lipinski definition) is 3. The minimum atomic E-state index is -0.155. The molecule has 1 aromatic heterocycles. The molecule has 1 amide bonds. The summed E-state index contributed by atoms with van der Waals surface area (Å²) in [5.41, 5.74) is 9.94. The summed E-state index contributed by atoms with van der Waals surface area (Å²) < 4.78 is 0. The lowest BCUT2D eigenvalue weighted by Gasteiger charge is -2.10. The van der Waals surface area contributed by atoms with Crippen LogP contribution in [0.4, 0.5) is 11.5 Å². The van der Waals surface area contributed by atoms with E-state index in [4.69, 9.17) is 5.73 Å². The number of pyridine rings is 1. The SMILES string of the molecule is Cc1cc(NC(=O)c2cccc(C)c2C)ncc1N. The molecule has 0 aliphatic heterocycles. The summed E-state index contributed by atoms with van der Waals surface area (Å²) >= 11 is 0. The van der Waals surface area contributed by atoms with E-state index in [9.17, 15) is 4.79 Å². The van der Waals surface area contributed by atoms with Crippen LogP contribution in [0, 0.1) is 20.8 Å². The molecule has 3 N–H and O–H groups in total. The second kappa shape index (κ2) is 5.10. The van der Waals surface area contributed by atoms with Gasteiger partial charge >= 0.3 is 0 Å². The van der Waals surface area contributed by atoms with Gasteiger partial charge < -0.3 is 11.1 Å². The Morgan fingerprint density at radius 2 is 1.95 bits per heavy atom. The van der Waals surface area contributed by atoms with E-state index < -0.39 is 0 Å². The van der Waals surface area contributed by atoms with Gasteiger partial charge in [-0.15, -0.1) is 0 Å². The Balaban J connectivity index is 2.26. The lowest BCUT2D eigenvalue weighted by Crippen LogP contribution is -2.15. The van der Waals surface area contributed by atoms with Gasteiger partial charge in [-0.05, 0) is 49.6 Å². The molecule has 0 unspecified atom stereocenters. The molecule has 1 heterocycles. The number of aryl methyl sites for hydroxylation is 2. The first-order valence-electron chi connectivity index (χ1n) is 6.08. The molecule has 0 fully saturated rings. The van der Waals surface area contributed by atoms with Gasteiger partial charge in [-0.3, -0.25) is 4.79 Å². The van der Waals surface area contributed by atoms with Crippen molar-refractivity contribution in [3.8, 4) is 0 Å². The van der Waals surface area contributed by atoms with E-state index in [-0.39, 0.29) is 5.91 Å². The number of carbonyl (C=O) groups excluding carboxylic acids is 1.